The number of rotatable bonds is 1. The first-order chi connectivity index (χ1) is 11.4. The van der Waals surface area contributed by atoms with Crippen LogP contribution in [0.1, 0.15) is 10.4 Å². The Morgan fingerprint density at radius 1 is 0.609 bits per heavy atom. The molecule has 1 heterocycles. The van der Waals surface area contributed by atoms with Gasteiger partial charge in [-0.1, -0.05) is 72.5 Å². The van der Waals surface area contributed by atoms with Gasteiger partial charge in [0.25, 0.3) is 0 Å². The highest BCUT2D eigenvalue weighted by molar-refractivity contribution is 7.16. The van der Waals surface area contributed by atoms with Gasteiger partial charge in [0.2, 0.25) is 0 Å². The highest BCUT2D eigenvalue weighted by atomic mass is 32.1. The Morgan fingerprint density at radius 2 is 1.39 bits per heavy atom. The van der Waals surface area contributed by atoms with Crippen molar-refractivity contribution in [2.24, 2.45) is 0 Å². The molecule has 3 aromatic carbocycles. The summed E-state index contributed by atoms with van der Waals surface area (Å²) in [5.74, 6) is 6.49. The van der Waals surface area contributed by atoms with Gasteiger partial charge in [-0.3, -0.25) is 0 Å². The van der Waals surface area contributed by atoms with Crippen molar-refractivity contribution in [2.75, 3.05) is 0 Å². The maximum atomic E-state index is 3.27. The van der Waals surface area contributed by atoms with Gasteiger partial charge in [0.05, 0.1) is 4.88 Å². The molecule has 0 fully saturated rings. The third-order valence-corrected chi connectivity index (χ3v) is 4.80. The first-order valence-corrected chi connectivity index (χ1v) is 8.37. The minimum absolute atomic E-state index is 1.05. The summed E-state index contributed by atoms with van der Waals surface area (Å²) in [4.78, 5) is 2.36. The summed E-state index contributed by atoms with van der Waals surface area (Å²) in [5.41, 5.74) is 2.33. The number of hydrogen-bond donors (Lipinski definition) is 0. The van der Waals surface area contributed by atoms with Crippen molar-refractivity contribution in [1.82, 2.24) is 0 Å². The Hall–Kier alpha value is -2.82. The average molecular weight is 310 g/mol. The molecule has 0 aliphatic heterocycles. The van der Waals surface area contributed by atoms with Crippen molar-refractivity contribution < 1.29 is 0 Å². The van der Waals surface area contributed by atoms with Crippen molar-refractivity contribution in [3.05, 3.63) is 95.4 Å². The smallest absolute Gasteiger partial charge is 0.0778 e. The Balaban J connectivity index is 1.72. The highest BCUT2D eigenvalue weighted by Crippen LogP contribution is 2.33. The van der Waals surface area contributed by atoms with Crippen LogP contribution in [-0.4, -0.2) is 0 Å². The van der Waals surface area contributed by atoms with E-state index in [2.05, 4.69) is 66.4 Å². The molecule has 0 bridgehead atoms. The number of thiophene rings is 1. The Bertz CT molecular complexity index is 1010. The van der Waals surface area contributed by atoms with E-state index in [1.165, 1.54) is 21.2 Å². The molecule has 0 amide bonds. The van der Waals surface area contributed by atoms with Crippen LogP contribution in [-0.2, 0) is 0 Å². The van der Waals surface area contributed by atoms with Gasteiger partial charge in [-0.25, -0.2) is 0 Å². The van der Waals surface area contributed by atoms with Crippen molar-refractivity contribution in [2.45, 2.75) is 0 Å². The quantitative estimate of drug-likeness (QED) is 0.380. The van der Waals surface area contributed by atoms with Crippen LogP contribution in [0.4, 0.5) is 0 Å². The fraction of sp³-hybridized carbons (Fsp3) is 0. The van der Waals surface area contributed by atoms with Crippen LogP contribution in [0.25, 0.3) is 21.2 Å². The second kappa shape index (κ2) is 6.12. The van der Waals surface area contributed by atoms with Crippen LogP contribution >= 0.6 is 11.3 Å². The summed E-state index contributed by atoms with van der Waals surface area (Å²) in [6.45, 7) is 0. The van der Waals surface area contributed by atoms with E-state index in [0.717, 1.165) is 10.4 Å². The van der Waals surface area contributed by atoms with E-state index in [-0.39, 0.29) is 0 Å². The van der Waals surface area contributed by atoms with Gasteiger partial charge >= 0.3 is 0 Å². The molecule has 0 saturated heterocycles. The molecule has 0 aliphatic carbocycles. The number of benzene rings is 3. The standard InChI is InChI=1S/C22H14S/c1-2-7-17(8-3-1)13-14-19-15-16-22(23-19)21-12-6-10-18-9-4-5-11-20(18)21/h1-12,15-16H. The average Bonchev–Trinajstić information content (AvgIpc) is 3.09. The number of fused-ring (bicyclic) bond motifs is 1. The summed E-state index contributed by atoms with van der Waals surface area (Å²) in [5, 5.41) is 2.56. The van der Waals surface area contributed by atoms with Crippen LogP contribution in [0.5, 0.6) is 0 Å². The summed E-state index contributed by atoms with van der Waals surface area (Å²) >= 11 is 1.75. The van der Waals surface area contributed by atoms with E-state index in [4.69, 9.17) is 0 Å². The highest BCUT2D eigenvalue weighted by Gasteiger charge is 2.05. The molecule has 1 heteroatoms. The zero-order valence-electron chi connectivity index (χ0n) is 12.5. The number of hydrogen-bond acceptors (Lipinski definition) is 1. The molecule has 108 valence electrons. The van der Waals surface area contributed by atoms with E-state index in [9.17, 15) is 0 Å². The third kappa shape index (κ3) is 2.90. The molecular weight excluding hydrogens is 296 g/mol. The van der Waals surface area contributed by atoms with Crippen LogP contribution in [0.3, 0.4) is 0 Å². The lowest BCUT2D eigenvalue weighted by Gasteiger charge is -2.03. The second-order valence-electron chi connectivity index (χ2n) is 5.31. The van der Waals surface area contributed by atoms with Gasteiger partial charge in [0.1, 0.15) is 0 Å². The van der Waals surface area contributed by atoms with E-state index in [1.54, 1.807) is 11.3 Å². The predicted molar refractivity (Wildman–Crippen MR) is 99.7 cm³/mol. The van der Waals surface area contributed by atoms with E-state index < -0.39 is 0 Å². The lowest BCUT2D eigenvalue weighted by Crippen LogP contribution is -1.76. The second-order valence-corrected chi connectivity index (χ2v) is 6.39. The molecule has 0 nitrogen and oxygen atoms in total. The first-order valence-electron chi connectivity index (χ1n) is 7.55. The summed E-state index contributed by atoms with van der Waals surface area (Å²) in [6, 6.07) is 29.3. The molecular formula is C22H14S. The lowest BCUT2D eigenvalue weighted by molar-refractivity contribution is 1.65. The van der Waals surface area contributed by atoms with Gasteiger partial charge in [-0.2, -0.15) is 0 Å². The third-order valence-electron chi connectivity index (χ3n) is 3.76. The lowest BCUT2D eigenvalue weighted by atomic mass is 10.0. The zero-order chi connectivity index (χ0) is 15.5. The SMILES string of the molecule is C(#Cc1ccc(-c2cccc3ccccc23)s1)c1ccccc1. The minimum Gasteiger partial charge on any atom is -0.127 e. The monoisotopic (exact) mass is 310 g/mol. The van der Waals surface area contributed by atoms with E-state index >= 15 is 0 Å². The van der Waals surface area contributed by atoms with Crippen LogP contribution in [0.2, 0.25) is 0 Å². The first kappa shape index (κ1) is 13.8. The van der Waals surface area contributed by atoms with Crippen molar-refractivity contribution in [3.63, 3.8) is 0 Å². The molecule has 0 aliphatic rings. The van der Waals surface area contributed by atoms with Gasteiger partial charge in [0.15, 0.2) is 0 Å². The fourth-order valence-corrected chi connectivity index (χ4v) is 3.54. The zero-order valence-corrected chi connectivity index (χ0v) is 13.3. The molecule has 0 spiro atoms. The van der Waals surface area contributed by atoms with Gasteiger partial charge < -0.3 is 0 Å². The molecule has 4 aromatic rings. The van der Waals surface area contributed by atoms with Crippen LogP contribution < -0.4 is 0 Å². The summed E-state index contributed by atoms with van der Waals surface area (Å²) in [7, 11) is 0. The van der Waals surface area contributed by atoms with Crippen LogP contribution in [0, 0.1) is 11.8 Å². The molecule has 23 heavy (non-hydrogen) atoms. The Kier molecular flexibility index (Phi) is 3.68. The van der Waals surface area contributed by atoms with Crippen molar-refractivity contribution in [3.8, 4) is 22.3 Å². The van der Waals surface area contributed by atoms with Crippen molar-refractivity contribution >= 4 is 22.1 Å². The van der Waals surface area contributed by atoms with E-state index in [0.29, 0.717) is 0 Å². The van der Waals surface area contributed by atoms with E-state index in [1.807, 2.05) is 30.3 Å². The maximum Gasteiger partial charge on any atom is 0.0778 e. The molecule has 0 unspecified atom stereocenters. The molecule has 1 aromatic heterocycles. The maximum absolute atomic E-state index is 3.27. The molecule has 0 radical (unpaired) electrons. The van der Waals surface area contributed by atoms with Gasteiger partial charge in [0, 0.05) is 10.4 Å². The molecule has 4 rings (SSSR count). The topological polar surface area (TPSA) is 0 Å². The summed E-state index contributed by atoms with van der Waals surface area (Å²) in [6.07, 6.45) is 0. The minimum atomic E-state index is 1.05. The molecule has 0 atom stereocenters. The van der Waals surface area contributed by atoms with Gasteiger partial charge in [-0.15, -0.1) is 11.3 Å². The molecule has 0 saturated carbocycles. The predicted octanol–water partition coefficient (Wildman–Crippen LogP) is 5.97. The summed E-state index contributed by atoms with van der Waals surface area (Å²) < 4.78 is 0. The largest absolute Gasteiger partial charge is 0.127 e. The molecule has 0 N–H and O–H groups in total. The fourth-order valence-electron chi connectivity index (χ4n) is 2.65. The van der Waals surface area contributed by atoms with Crippen molar-refractivity contribution in [1.29, 1.82) is 0 Å². The normalized spacial score (nSPS) is 10.3. The Labute approximate surface area is 140 Å². The van der Waals surface area contributed by atoms with Crippen LogP contribution in [0.15, 0.2) is 84.9 Å². The van der Waals surface area contributed by atoms with Gasteiger partial charge in [-0.05, 0) is 40.6 Å². The Morgan fingerprint density at radius 3 is 2.30 bits per heavy atom.